The molecular formula is C34H30N8O8S3. The van der Waals surface area contributed by atoms with E-state index in [1.807, 2.05) is 60.7 Å². The summed E-state index contributed by atoms with van der Waals surface area (Å²) in [6.45, 7) is 0. The van der Waals surface area contributed by atoms with Gasteiger partial charge in [-0.05, 0) is 29.5 Å². The van der Waals surface area contributed by atoms with Crippen LogP contribution in [0.1, 0.15) is 35.8 Å². The lowest BCUT2D eigenvalue weighted by atomic mass is 10.0. The van der Waals surface area contributed by atoms with Crippen LogP contribution in [0.4, 0.5) is 5.13 Å². The number of β-lactam (4-membered cyclic amide) rings is 1. The number of benzene rings is 2. The third-order valence-corrected chi connectivity index (χ3v) is 11.6. The maximum atomic E-state index is 14.3. The van der Waals surface area contributed by atoms with Crippen LogP contribution in [0.15, 0.2) is 97.2 Å². The first-order chi connectivity index (χ1) is 25.7. The average molecular weight is 775 g/mol. The number of nitrogens with one attached hydrogen (secondary N) is 3. The molecule has 3 N–H and O–H groups in total. The molecule has 16 nitrogen and oxygen atoms in total. The fourth-order valence-corrected chi connectivity index (χ4v) is 8.54. The number of ether oxygens (including phenoxy) is 1. The Hall–Kier alpha value is -5.53. The van der Waals surface area contributed by atoms with Crippen molar-refractivity contribution in [3.05, 3.63) is 115 Å². The van der Waals surface area contributed by atoms with E-state index >= 15 is 0 Å². The van der Waals surface area contributed by atoms with E-state index in [-0.39, 0.29) is 45.0 Å². The van der Waals surface area contributed by atoms with Crippen molar-refractivity contribution in [2.24, 2.45) is 12.2 Å². The molecular weight excluding hydrogens is 745 g/mol. The number of aromatic amines is 1. The topological polar surface area (TPSA) is 207 Å². The van der Waals surface area contributed by atoms with Gasteiger partial charge in [-0.25, -0.2) is 14.9 Å². The summed E-state index contributed by atoms with van der Waals surface area (Å²) in [5.74, 6) is -1.66. The second kappa shape index (κ2) is 15.6. The van der Waals surface area contributed by atoms with Crippen molar-refractivity contribution in [3.63, 3.8) is 0 Å². The maximum Gasteiger partial charge on any atom is 0.356 e. The van der Waals surface area contributed by atoms with Crippen molar-refractivity contribution in [3.8, 4) is 0 Å². The molecule has 0 bridgehead atoms. The lowest BCUT2D eigenvalue weighted by Crippen LogP contribution is -2.71. The Labute approximate surface area is 313 Å². The summed E-state index contributed by atoms with van der Waals surface area (Å²) in [5.41, 5.74) is 0.286. The number of H-pyrrole nitrogens is 1. The third kappa shape index (κ3) is 7.67. The normalized spacial score (nSPS) is 18.3. The predicted molar refractivity (Wildman–Crippen MR) is 196 cm³/mol. The number of hydrogen-bond donors (Lipinski definition) is 3. The molecule has 4 aromatic rings. The van der Waals surface area contributed by atoms with Gasteiger partial charge in [0.05, 0.1) is 0 Å². The molecule has 1 aliphatic carbocycles. The number of hydrogen-bond acceptors (Lipinski definition) is 14. The molecule has 7 rings (SSSR count). The van der Waals surface area contributed by atoms with Gasteiger partial charge in [-0.1, -0.05) is 77.6 Å². The Balaban J connectivity index is 1.18. The molecule has 1 saturated carbocycles. The van der Waals surface area contributed by atoms with Gasteiger partial charge in [-0.3, -0.25) is 33.4 Å². The number of carbonyl (C=O) groups is 4. The van der Waals surface area contributed by atoms with Crippen LogP contribution in [0.25, 0.3) is 0 Å². The van der Waals surface area contributed by atoms with Gasteiger partial charge in [0.25, 0.3) is 11.8 Å². The molecule has 53 heavy (non-hydrogen) atoms. The molecule has 19 heteroatoms. The van der Waals surface area contributed by atoms with Crippen LogP contribution in [0.3, 0.4) is 0 Å². The van der Waals surface area contributed by atoms with E-state index < -0.39 is 46.4 Å². The Morgan fingerprint density at radius 3 is 2.45 bits per heavy atom. The molecule has 2 aromatic carbocycles. The molecule has 0 unspecified atom stereocenters. The van der Waals surface area contributed by atoms with Gasteiger partial charge in [0.1, 0.15) is 28.9 Å². The molecule has 2 fully saturated rings. The number of rotatable bonds is 14. The van der Waals surface area contributed by atoms with E-state index in [2.05, 4.69) is 31.0 Å². The minimum Gasteiger partial charge on any atom is -0.448 e. The molecule has 1 saturated heterocycles. The molecule has 272 valence electrons. The zero-order valence-electron chi connectivity index (χ0n) is 27.8. The summed E-state index contributed by atoms with van der Waals surface area (Å²) in [5, 5.41) is 16.7. The van der Waals surface area contributed by atoms with Crippen molar-refractivity contribution in [2.45, 2.75) is 41.6 Å². The van der Waals surface area contributed by atoms with Crippen LogP contribution in [0, 0.1) is 0 Å². The fraction of sp³-hybridized carbons (Fsp3) is 0.265. The lowest BCUT2D eigenvalue weighted by molar-refractivity contribution is -0.154. The summed E-state index contributed by atoms with van der Waals surface area (Å²) in [4.78, 5) is 88.0. The highest BCUT2D eigenvalue weighted by Crippen LogP contribution is 2.43. The van der Waals surface area contributed by atoms with Crippen LogP contribution in [0.2, 0.25) is 0 Å². The van der Waals surface area contributed by atoms with Gasteiger partial charge in [0.15, 0.2) is 22.1 Å². The molecule has 2 aromatic heterocycles. The van der Waals surface area contributed by atoms with E-state index in [1.165, 1.54) is 29.1 Å². The number of nitrogens with zero attached hydrogens (tertiary/aromatic N) is 5. The number of oxime groups is 1. The standard InChI is InChI=1S/C34H30N8O8S3/c1-41-30(47)28(45)38-39-34(41)53-15-20-14-51-31-24(37-27(44)23(40-50-21-12-13-21)22-16-52-33(36-22)35-17-43)29(46)42(31)25(20)32(48)49-26(18-8-4-2-5-9-18)19-10-6-3-7-11-19/h2-11,16-17,21,24,26,31H,12-15H2,1H3,(H,37,44)(H,38,45)(H,35,36,43)/t24-,31-/m1/s1. The first kappa shape index (κ1) is 35.9. The number of amides is 3. The molecule has 2 atom stereocenters. The minimum absolute atomic E-state index is 0.0121. The number of aromatic nitrogens is 4. The van der Waals surface area contributed by atoms with Gasteiger partial charge in [-0.15, -0.1) is 28.2 Å². The van der Waals surface area contributed by atoms with Gasteiger partial charge in [-0.2, -0.15) is 0 Å². The molecule has 0 radical (unpaired) electrons. The fourth-order valence-electron chi connectivity index (χ4n) is 5.49. The number of carbonyl (C=O) groups excluding carboxylic acids is 4. The van der Waals surface area contributed by atoms with Crippen molar-refractivity contribution in [1.29, 1.82) is 0 Å². The Bertz CT molecular complexity index is 2200. The van der Waals surface area contributed by atoms with Gasteiger partial charge < -0.3 is 20.2 Å². The highest BCUT2D eigenvalue weighted by Gasteiger charge is 2.55. The third-order valence-electron chi connectivity index (χ3n) is 8.33. The Kier molecular flexibility index (Phi) is 10.6. The number of esters is 1. The number of thioether (sulfide) groups is 2. The van der Waals surface area contributed by atoms with Crippen molar-refractivity contribution >= 4 is 69.9 Å². The first-order valence-corrected chi connectivity index (χ1v) is 19.1. The SMILES string of the molecule is Cn1c(SCC2=C(C(=O)OC(c3ccccc3)c3ccccc3)N3C(=O)[C@@H](NC(=O)C(=NOC4CC4)c4csc(NC=O)n4)[C@H]3SC2)n[nH]c(=O)c1=O. The summed E-state index contributed by atoms with van der Waals surface area (Å²) in [7, 11) is 1.41. The van der Waals surface area contributed by atoms with E-state index in [0.717, 1.165) is 40.5 Å². The summed E-state index contributed by atoms with van der Waals surface area (Å²) in [6.07, 6.45) is 1.11. The minimum atomic E-state index is -1.04. The Morgan fingerprint density at radius 2 is 1.79 bits per heavy atom. The number of fused-ring (bicyclic) bond motifs is 1. The summed E-state index contributed by atoms with van der Waals surface area (Å²) >= 11 is 3.52. The number of thiazole rings is 1. The van der Waals surface area contributed by atoms with Gasteiger partial charge in [0, 0.05) is 23.9 Å². The lowest BCUT2D eigenvalue weighted by Gasteiger charge is -2.49. The quantitative estimate of drug-likeness (QED) is 0.0321. The monoisotopic (exact) mass is 774 g/mol. The zero-order chi connectivity index (χ0) is 37.1. The van der Waals surface area contributed by atoms with Crippen LogP contribution in [0.5, 0.6) is 0 Å². The molecule has 4 heterocycles. The highest BCUT2D eigenvalue weighted by atomic mass is 32.2. The van der Waals surface area contributed by atoms with E-state index in [9.17, 15) is 28.8 Å². The first-order valence-electron chi connectivity index (χ1n) is 16.2. The second-order valence-electron chi connectivity index (χ2n) is 12.0. The van der Waals surface area contributed by atoms with Crippen LogP contribution in [-0.2, 0) is 35.8 Å². The largest absolute Gasteiger partial charge is 0.448 e. The van der Waals surface area contributed by atoms with Crippen molar-refractivity contribution in [1.82, 2.24) is 30.0 Å². The van der Waals surface area contributed by atoms with Crippen LogP contribution >= 0.6 is 34.9 Å². The molecule has 2 aliphatic heterocycles. The van der Waals surface area contributed by atoms with Gasteiger partial charge in [0.2, 0.25) is 6.41 Å². The van der Waals surface area contributed by atoms with Gasteiger partial charge >= 0.3 is 17.1 Å². The number of anilines is 1. The van der Waals surface area contributed by atoms with Crippen molar-refractivity contribution in [2.75, 3.05) is 16.8 Å². The van der Waals surface area contributed by atoms with E-state index in [1.54, 1.807) is 0 Å². The maximum absolute atomic E-state index is 14.3. The zero-order valence-corrected chi connectivity index (χ0v) is 30.2. The molecule has 0 spiro atoms. The summed E-state index contributed by atoms with van der Waals surface area (Å²) in [6, 6.07) is 17.3. The van der Waals surface area contributed by atoms with E-state index in [0.29, 0.717) is 23.1 Å². The average Bonchev–Trinajstić information content (AvgIpc) is 3.90. The van der Waals surface area contributed by atoms with Crippen LogP contribution in [-0.4, -0.2) is 83.6 Å². The molecule has 3 aliphatic rings. The second-order valence-corrected chi connectivity index (χ2v) is 14.9. The Morgan fingerprint density at radius 1 is 1.09 bits per heavy atom. The van der Waals surface area contributed by atoms with Crippen LogP contribution < -0.4 is 21.8 Å². The highest BCUT2D eigenvalue weighted by molar-refractivity contribution is 8.01. The molecule has 3 amide bonds. The van der Waals surface area contributed by atoms with E-state index in [4.69, 9.17) is 9.57 Å². The predicted octanol–water partition coefficient (Wildman–Crippen LogP) is 2.16. The summed E-state index contributed by atoms with van der Waals surface area (Å²) < 4.78 is 7.32. The smallest absolute Gasteiger partial charge is 0.356 e. The van der Waals surface area contributed by atoms with Crippen molar-refractivity contribution < 1.29 is 28.8 Å².